The SMILES string of the molecule is COc1ccc(CNC(=O)C2CCC(=O)N2C)cc1. The molecule has 1 aliphatic rings. The highest BCUT2D eigenvalue weighted by molar-refractivity contribution is 5.90. The summed E-state index contributed by atoms with van der Waals surface area (Å²) in [5, 5.41) is 2.86. The molecule has 1 atom stereocenters. The van der Waals surface area contributed by atoms with Crippen LogP contribution in [0.3, 0.4) is 0 Å². The number of nitrogens with zero attached hydrogens (tertiary/aromatic N) is 1. The van der Waals surface area contributed by atoms with Gasteiger partial charge in [-0.15, -0.1) is 0 Å². The molecular formula is C14H18N2O3. The lowest BCUT2D eigenvalue weighted by Gasteiger charge is -2.19. The number of hydrogen-bond acceptors (Lipinski definition) is 3. The maximum atomic E-state index is 12.0. The highest BCUT2D eigenvalue weighted by Gasteiger charge is 2.32. The van der Waals surface area contributed by atoms with Crippen LogP contribution in [0, 0.1) is 0 Å². The molecule has 1 fully saturated rings. The molecule has 19 heavy (non-hydrogen) atoms. The first-order chi connectivity index (χ1) is 9.11. The first kappa shape index (κ1) is 13.4. The van der Waals surface area contributed by atoms with Gasteiger partial charge in [0.2, 0.25) is 11.8 Å². The van der Waals surface area contributed by atoms with Crippen molar-refractivity contribution in [3.8, 4) is 5.75 Å². The van der Waals surface area contributed by atoms with E-state index < -0.39 is 0 Å². The molecule has 1 aromatic carbocycles. The van der Waals surface area contributed by atoms with Gasteiger partial charge in [-0.3, -0.25) is 9.59 Å². The number of carbonyl (C=O) groups is 2. The Bertz CT molecular complexity index is 470. The molecule has 1 aliphatic heterocycles. The van der Waals surface area contributed by atoms with Gasteiger partial charge in [0.25, 0.3) is 0 Å². The third kappa shape index (κ3) is 3.05. The van der Waals surface area contributed by atoms with Crippen LogP contribution in [0.25, 0.3) is 0 Å². The molecule has 2 rings (SSSR count). The molecule has 0 aromatic heterocycles. The number of likely N-dealkylation sites (tertiary alicyclic amines) is 1. The smallest absolute Gasteiger partial charge is 0.243 e. The van der Waals surface area contributed by atoms with Crippen molar-refractivity contribution >= 4 is 11.8 Å². The van der Waals surface area contributed by atoms with E-state index >= 15 is 0 Å². The molecule has 5 heteroatoms. The number of nitrogens with one attached hydrogen (secondary N) is 1. The fourth-order valence-electron chi connectivity index (χ4n) is 2.16. The second-order valence-corrected chi connectivity index (χ2v) is 4.62. The van der Waals surface area contributed by atoms with Crippen molar-refractivity contribution in [1.29, 1.82) is 0 Å². The van der Waals surface area contributed by atoms with Gasteiger partial charge < -0.3 is 15.0 Å². The fourth-order valence-corrected chi connectivity index (χ4v) is 2.16. The molecule has 0 aliphatic carbocycles. The van der Waals surface area contributed by atoms with Crippen molar-refractivity contribution < 1.29 is 14.3 Å². The summed E-state index contributed by atoms with van der Waals surface area (Å²) in [5.41, 5.74) is 1.00. The van der Waals surface area contributed by atoms with Gasteiger partial charge in [-0.1, -0.05) is 12.1 Å². The van der Waals surface area contributed by atoms with E-state index in [9.17, 15) is 9.59 Å². The molecular weight excluding hydrogens is 244 g/mol. The quantitative estimate of drug-likeness (QED) is 0.878. The monoisotopic (exact) mass is 262 g/mol. The van der Waals surface area contributed by atoms with Gasteiger partial charge >= 0.3 is 0 Å². The predicted molar refractivity (Wildman–Crippen MR) is 70.6 cm³/mol. The Kier molecular flexibility index (Phi) is 4.04. The molecule has 2 amide bonds. The van der Waals surface area contributed by atoms with E-state index in [0.29, 0.717) is 19.4 Å². The van der Waals surface area contributed by atoms with Crippen molar-refractivity contribution in [2.75, 3.05) is 14.2 Å². The predicted octanol–water partition coefficient (Wildman–Crippen LogP) is 0.932. The Hall–Kier alpha value is -2.04. The van der Waals surface area contributed by atoms with Gasteiger partial charge in [0.1, 0.15) is 11.8 Å². The first-order valence-electron chi connectivity index (χ1n) is 6.28. The van der Waals surface area contributed by atoms with Crippen molar-refractivity contribution in [2.24, 2.45) is 0 Å². The minimum atomic E-state index is -0.328. The standard InChI is InChI=1S/C14H18N2O3/c1-16-12(7-8-13(16)17)14(18)15-9-10-3-5-11(19-2)6-4-10/h3-6,12H,7-9H2,1-2H3,(H,15,18). The molecule has 1 heterocycles. The van der Waals surface area contributed by atoms with Crippen LogP contribution in [0.5, 0.6) is 5.75 Å². The van der Waals surface area contributed by atoms with Crippen molar-refractivity contribution in [2.45, 2.75) is 25.4 Å². The summed E-state index contributed by atoms with van der Waals surface area (Å²) < 4.78 is 5.07. The summed E-state index contributed by atoms with van der Waals surface area (Å²) in [5.74, 6) is 0.727. The van der Waals surface area contributed by atoms with Crippen LogP contribution in [-0.4, -0.2) is 36.9 Å². The zero-order chi connectivity index (χ0) is 13.8. The summed E-state index contributed by atoms with van der Waals surface area (Å²) in [4.78, 5) is 24.9. The Morgan fingerprint density at radius 3 is 2.63 bits per heavy atom. The third-order valence-electron chi connectivity index (χ3n) is 3.42. The molecule has 1 aromatic rings. The van der Waals surface area contributed by atoms with Gasteiger partial charge in [0.15, 0.2) is 0 Å². The third-order valence-corrected chi connectivity index (χ3v) is 3.42. The number of likely N-dealkylation sites (N-methyl/N-ethyl adjacent to an activating group) is 1. The van der Waals surface area contributed by atoms with E-state index in [-0.39, 0.29) is 17.9 Å². The summed E-state index contributed by atoms with van der Waals surface area (Å²) >= 11 is 0. The fraction of sp³-hybridized carbons (Fsp3) is 0.429. The van der Waals surface area contributed by atoms with Gasteiger partial charge in [0, 0.05) is 20.0 Å². The molecule has 0 spiro atoms. The Morgan fingerprint density at radius 2 is 2.11 bits per heavy atom. The minimum absolute atomic E-state index is 0.0320. The normalized spacial score (nSPS) is 18.5. The maximum absolute atomic E-state index is 12.0. The molecule has 5 nitrogen and oxygen atoms in total. The number of carbonyl (C=O) groups excluding carboxylic acids is 2. The summed E-state index contributed by atoms with van der Waals surface area (Å²) in [6, 6.07) is 7.19. The van der Waals surface area contributed by atoms with Gasteiger partial charge in [0.05, 0.1) is 7.11 Å². The van der Waals surface area contributed by atoms with E-state index in [4.69, 9.17) is 4.74 Å². The van der Waals surface area contributed by atoms with E-state index in [1.54, 1.807) is 14.2 Å². The highest BCUT2D eigenvalue weighted by atomic mass is 16.5. The number of hydrogen-bond donors (Lipinski definition) is 1. The van der Waals surface area contributed by atoms with Gasteiger partial charge in [-0.25, -0.2) is 0 Å². The number of methoxy groups -OCH3 is 1. The molecule has 0 bridgehead atoms. The van der Waals surface area contributed by atoms with Gasteiger partial charge in [-0.2, -0.15) is 0 Å². The number of amides is 2. The lowest BCUT2D eigenvalue weighted by Crippen LogP contribution is -2.42. The highest BCUT2D eigenvalue weighted by Crippen LogP contribution is 2.16. The van der Waals surface area contributed by atoms with Crippen molar-refractivity contribution in [3.05, 3.63) is 29.8 Å². The topological polar surface area (TPSA) is 58.6 Å². The Labute approximate surface area is 112 Å². The maximum Gasteiger partial charge on any atom is 0.243 e. The molecule has 1 unspecified atom stereocenters. The van der Waals surface area contributed by atoms with Crippen LogP contribution in [0.15, 0.2) is 24.3 Å². The second-order valence-electron chi connectivity index (χ2n) is 4.62. The molecule has 102 valence electrons. The van der Waals surface area contributed by atoms with Crippen LogP contribution < -0.4 is 10.1 Å². The zero-order valence-corrected chi connectivity index (χ0v) is 11.2. The van der Waals surface area contributed by atoms with Crippen LogP contribution >= 0.6 is 0 Å². The van der Waals surface area contributed by atoms with E-state index in [0.717, 1.165) is 11.3 Å². The van der Waals surface area contributed by atoms with E-state index in [2.05, 4.69) is 5.32 Å². The second kappa shape index (κ2) is 5.73. The van der Waals surface area contributed by atoms with Crippen molar-refractivity contribution in [3.63, 3.8) is 0 Å². The molecule has 1 saturated heterocycles. The van der Waals surface area contributed by atoms with E-state index in [1.807, 2.05) is 24.3 Å². The summed E-state index contributed by atoms with van der Waals surface area (Å²) in [6.07, 6.45) is 1.06. The van der Waals surface area contributed by atoms with Gasteiger partial charge in [-0.05, 0) is 24.1 Å². The van der Waals surface area contributed by atoms with Crippen molar-refractivity contribution in [1.82, 2.24) is 10.2 Å². The molecule has 0 radical (unpaired) electrons. The Balaban J connectivity index is 1.87. The zero-order valence-electron chi connectivity index (χ0n) is 11.2. The Morgan fingerprint density at radius 1 is 1.42 bits per heavy atom. The average molecular weight is 262 g/mol. The number of rotatable bonds is 4. The summed E-state index contributed by atoms with van der Waals surface area (Å²) in [6.45, 7) is 0.460. The van der Waals surface area contributed by atoms with Crippen LogP contribution in [0.2, 0.25) is 0 Å². The number of ether oxygens (including phenoxy) is 1. The first-order valence-corrected chi connectivity index (χ1v) is 6.28. The summed E-state index contributed by atoms with van der Waals surface area (Å²) in [7, 11) is 3.29. The largest absolute Gasteiger partial charge is 0.497 e. The average Bonchev–Trinajstić information content (AvgIpc) is 2.77. The lowest BCUT2D eigenvalue weighted by atomic mass is 10.2. The van der Waals surface area contributed by atoms with E-state index in [1.165, 1.54) is 4.90 Å². The van der Waals surface area contributed by atoms with Crippen LogP contribution in [-0.2, 0) is 16.1 Å². The molecule has 1 N–H and O–H groups in total. The lowest BCUT2D eigenvalue weighted by molar-refractivity contribution is -0.133. The molecule has 0 saturated carbocycles. The number of benzene rings is 1. The van der Waals surface area contributed by atoms with Crippen LogP contribution in [0.1, 0.15) is 18.4 Å². The minimum Gasteiger partial charge on any atom is -0.497 e. The van der Waals surface area contributed by atoms with Crippen LogP contribution in [0.4, 0.5) is 0 Å².